The molecule has 1 aromatic carbocycles. The average Bonchev–Trinajstić information content (AvgIpc) is 2.31. The second kappa shape index (κ2) is 5.69. The zero-order valence-electron chi connectivity index (χ0n) is 10.8. The molecule has 0 aliphatic heterocycles. The predicted octanol–water partition coefficient (Wildman–Crippen LogP) is 4.50. The van der Waals surface area contributed by atoms with Crippen molar-refractivity contribution in [3.05, 3.63) is 51.1 Å². The molecule has 6 heteroatoms. The Morgan fingerprint density at radius 2 is 1.95 bits per heavy atom. The number of pyridine rings is 1. The second-order valence-corrected chi connectivity index (χ2v) is 5.09. The third kappa shape index (κ3) is 3.03. The number of nitrogens with zero attached hydrogens (tertiary/aromatic N) is 1. The zero-order valence-corrected chi connectivity index (χ0v) is 12.3. The molecule has 4 nitrogen and oxygen atoms in total. The van der Waals surface area contributed by atoms with Crippen LogP contribution in [0.1, 0.15) is 21.6 Å². The van der Waals surface area contributed by atoms with Gasteiger partial charge >= 0.3 is 5.97 Å². The van der Waals surface area contributed by atoms with Gasteiger partial charge < -0.3 is 9.84 Å². The molecular weight excluding hydrogens is 301 g/mol. The van der Waals surface area contributed by atoms with Crippen LogP contribution >= 0.6 is 23.2 Å². The minimum atomic E-state index is -1.10. The van der Waals surface area contributed by atoms with Crippen molar-refractivity contribution >= 4 is 29.2 Å². The van der Waals surface area contributed by atoms with Crippen LogP contribution in [0.3, 0.4) is 0 Å². The molecule has 0 spiro atoms. The Morgan fingerprint density at radius 1 is 1.25 bits per heavy atom. The highest BCUT2D eigenvalue weighted by Crippen LogP contribution is 2.33. The first-order valence-electron chi connectivity index (χ1n) is 5.73. The van der Waals surface area contributed by atoms with E-state index >= 15 is 0 Å². The molecule has 1 heterocycles. The van der Waals surface area contributed by atoms with Crippen LogP contribution in [0, 0.1) is 13.8 Å². The van der Waals surface area contributed by atoms with E-state index in [1.165, 1.54) is 6.07 Å². The third-order valence-corrected chi connectivity index (χ3v) is 3.16. The minimum absolute atomic E-state index is 0.0132. The fraction of sp³-hybridized carbons (Fsp3) is 0.143. The van der Waals surface area contributed by atoms with Crippen molar-refractivity contribution in [2.75, 3.05) is 0 Å². The van der Waals surface area contributed by atoms with Crippen molar-refractivity contribution in [2.24, 2.45) is 0 Å². The van der Waals surface area contributed by atoms with E-state index in [4.69, 9.17) is 27.9 Å². The number of aryl methyl sites for hydroxylation is 2. The summed E-state index contributed by atoms with van der Waals surface area (Å²) >= 11 is 11.8. The molecule has 20 heavy (non-hydrogen) atoms. The molecule has 0 saturated heterocycles. The monoisotopic (exact) mass is 311 g/mol. The molecule has 0 saturated carbocycles. The van der Waals surface area contributed by atoms with Gasteiger partial charge in [-0.1, -0.05) is 23.2 Å². The number of halogens is 2. The van der Waals surface area contributed by atoms with Crippen molar-refractivity contribution in [3.8, 4) is 11.6 Å². The lowest BCUT2D eigenvalue weighted by molar-refractivity contribution is 0.0692. The first-order chi connectivity index (χ1) is 9.38. The van der Waals surface area contributed by atoms with E-state index in [-0.39, 0.29) is 16.5 Å². The summed E-state index contributed by atoms with van der Waals surface area (Å²) < 4.78 is 5.54. The second-order valence-electron chi connectivity index (χ2n) is 4.24. The molecule has 0 fully saturated rings. The Hall–Kier alpha value is -1.78. The maximum Gasteiger partial charge on any atom is 0.341 e. The van der Waals surface area contributed by atoms with Crippen molar-refractivity contribution in [3.63, 3.8) is 0 Å². The first kappa shape index (κ1) is 14.6. The lowest BCUT2D eigenvalue weighted by Gasteiger charge is -2.12. The van der Waals surface area contributed by atoms with E-state index in [9.17, 15) is 9.90 Å². The summed E-state index contributed by atoms with van der Waals surface area (Å²) in [5.74, 6) is -0.787. The Labute approximate surface area is 125 Å². The van der Waals surface area contributed by atoms with Crippen molar-refractivity contribution in [2.45, 2.75) is 13.8 Å². The smallest absolute Gasteiger partial charge is 0.341 e. The molecule has 0 radical (unpaired) electrons. The average molecular weight is 312 g/mol. The Balaban J connectivity index is 2.50. The summed E-state index contributed by atoms with van der Waals surface area (Å²) in [5.41, 5.74) is 1.25. The Kier molecular flexibility index (Phi) is 4.16. The van der Waals surface area contributed by atoms with E-state index in [0.29, 0.717) is 22.0 Å². The number of rotatable bonds is 3. The molecule has 0 unspecified atom stereocenters. The number of carboxylic acids is 1. The van der Waals surface area contributed by atoms with Gasteiger partial charge in [-0.15, -0.1) is 0 Å². The van der Waals surface area contributed by atoms with Gasteiger partial charge in [0, 0.05) is 10.7 Å². The predicted molar refractivity (Wildman–Crippen MR) is 77.2 cm³/mol. The summed E-state index contributed by atoms with van der Waals surface area (Å²) in [6, 6.07) is 6.36. The van der Waals surface area contributed by atoms with Crippen LogP contribution in [-0.4, -0.2) is 16.1 Å². The van der Waals surface area contributed by atoms with Gasteiger partial charge in [-0.25, -0.2) is 9.78 Å². The normalized spacial score (nSPS) is 10.4. The summed E-state index contributed by atoms with van der Waals surface area (Å²) in [7, 11) is 0. The lowest BCUT2D eigenvalue weighted by atomic mass is 10.1. The van der Waals surface area contributed by atoms with Gasteiger partial charge in [0.15, 0.2) is 0 Å². The molecular formula is C14H11Cl2NO3. The molecule has 0 bridgehead atoms. The largest absolute Gasteiger partial charge is 0.477 e. The number of ether oxygens (including phenoxy) is 1. The number of hydrogen-bond donors (Lipinski definition) is 1. The molecule has 2 rings (SSSR count). The topological polar surface area (TPSA) is 59.4 Å². The van der Waals surface area contributed by atoms with E-state index in [1.54, 1.807) is 32.0 Å². The molecule has 1 aromatic heterocycles. The molecule has 0 amide bonds. The number of aromatic nitrogens is 1. The number of hydrogen-bond acceptors (Lipinski definition) is 3. The number of aromatic carboxylic acids is 1. The number of carbonyl (C=O) groups is 1. The highest BCUT2D eigenvalue weighted by molar-refractivity contribution is 6.35. The van der Waals surface area contributed by atoms with Gasteiger partial charge in [-0.05, 0) is 43.7 Å². The summed E-state index contributed by atoms with van der Waals surface area (Å²) in [6.07, 6.45) is 0. The van der Waals surface area contributed by atoms with Gasteiger partial charge in [0.1, 0.15) is 11.3 Å². The van der Waals surface area contributed by atoms with Crippen LogP contribution in [0.2, 0.25) is 10.0 Å². The maximum atomic E-state index is 11.3. The van der Waals surface area contributed by atoms with Gasteiger partial charge in [0.05, 0.1) is 5.02 Å². The Bertz CT molecular complexity index is 686. The van der Waals surface area contributed by atoms with Crippen molar-refractivity contribution < 1.29 is 14.6 Å². The van der Waals surface area contributed by atoms with Gasteiger partial charge in [-0.3, -0.25) is 0 Å². The van der Waals surface area contributed by atoms with E-state index in [0.717, 1.165) is 0 Å². The summed E-state index contributed by atoms with van der Waals surface area (Å²) in [5, 5.41) is 10.0. The zero-order chi connectivity index (χ0) is 14.9. The highest BCUT2D eigenvalue weighted by Gasteiger charge is 2.18. The van der Waals surface area contributed by atoms with Crippen LogP contribution in [0.4, 0.5) is 0 Å². The molecule has 0 atom stereocenters. The van der Waals surface area contributed by atoms with Crippen LogP contribution in [0.5, 0.6) is 11.6 Å². The van der Waals surface area contributed by atoms with E-state index in [2.05, 4.69) is 4.98 Å². The first-order valence-corrected chi connectivity index (χ1v) is 6.48. The van der Waals surface area contributed by atoms with Crippen LogP contribution in [0.25, 0.3) is 0 Å². The molecule has 1 N–H and O–H groups in total. The van der Waals surface area contributed by atoms with Crippen LogP contribution in [0.15, 0.2) is 24.3 Å². The van der Waals surface area contributed by atoms with Crippen LogP contribution in [-0.2, 0) is 0 Å². The van der Waals surface area contributed by atoms with Crippen molar-refractivity contribution in [1.29, 1.82) is 0 Å². The standard InChI is InChI=1S/C14H11Cl2NO3/c1-7-5-8(2)17-13(12(7)14(18)19)20-11-4-3-9(15)6-10(11)16/h3-6H,1-2H3,(H,18,19). The molecule has 0 aliphatic rings. The van der Waals surface area contributed by atoms with E-state index < -0.39 is 5.97 Å². The van der Waals surface area contributed by atoms with Crippen molar-refractivity contribution in [1.82, 2.24) is 4.98 Å². The lowest BCUT2D eigenvalue weighted by Crippen LogP contribution is -2.06. The highest BCUT2D eigenvalue weighted by atomic mass is 35.5. The molecule has 104 valence electrons. The minimum Gasteiger partial charge on any atom is -0.477 e. The fourth-order valence-electron chi connectivity index (χ4n) is 1.80. The Morgan fingerprint density at radius 3 is 2.55 bits per heavy atom. The fourth-order valence-corrected chi connectivity index (χ4v) is 2.25. The quantitative estimate of drug-likeness (QED) is 0.906. The van der Waals surface area contributed by atoms with Gasteiger partial charge in [-0.2, -0.15) is 0 Å². The number of benzene rings is 1. The molecule has 0 aliphatic carbocycles. The number of carboxylic acid groups (broad SMARTS) is 1. The summed E-state index contributed by atoms with van der Waals surface area (Å²) in [6.45, 7) is 3.45. The van der Waals surface area contributed by atoms with Gasteiger partial charge in [0.2, 0.25) is 5.88 Å². The third-order valence-electron chi connectivity index (χ3n) is 2.63. The maximum absolute atomic E-state index is 11.3. The van der Waals surface area contributed by atoms with Gasteiger partial charge in [0.25, 0.3) is 0 Å². The van der Waals surface area contributed by atoms with Crippen LogP contribution < -0.4 is 4.74 Å². The summed E-state index contributed by atoms with van der Waals surface area (Å²) in [4.78, 5) is 15.4. The SMILES string of the molecule is Cc1cc(C)c(C(=O)O)c(Oc2ccc(Cl)cc2Cl)n1. The molecule has 2 aromatic rings. The van der Waals surface area contributed by atoms with E-state index in [1.807, 2.05) is 0 Å².